The van der Waals surface area contributed by atoms with Crippen molar-refractivity contribution in [1.82, 2.24) is 10.1 Å². The van der Waals surface area contributed by atoms with Gasteiger partial charge in [-0.2, -0.15) is 0 Å². The van der Waals surface area contributed by atoms with Crippen LogP contribution >= 0.6 is 11.6 Å². The highest BCUT2D eigenvalue weighted by molar-refractivity contribution is 6.30. The molecular weight excluding hydrogens is 302 g/mol. The standard InChI is InChI=1S/C16H20ClN3O2/c1-4-20(9-13-5-7-14(17)8-6-13)10-15(21)18-16-11(2)19-22-12(16)3/h5-8H,4,9-10H2,1-3H3,(H,18,21). The number of benzene rings is 1. The molecular formula is C16H20ClN3O2. The molecule has 2 aromatic rings. The van der Waals surface area contributed by atoms with E-state index in [1.165, 1.54) is 0 Å². The third-order valence-electron chi connectivity index (χ3n) is 3.43. The lowest BCUT2D eigenvalue weighted by molar-refractivity contribution is -0.117. The Balaban J connectivity index is 1.95. The Labute approximate surface area is 135 Å². The normalized spacial score (nSPS) is 11.0. The highest BCUT2D eigenvalue weighted by Gasteiger charge is 2.15. The van der Waals surface area contributed by atoms with Gasteiger partial charge >= 0.3 is 0 Å². The van der Waals surface area contributed by atoms with Crippen molar-refractivity contribution in [3.8, 4) is 0 Å². The molecule has 1 amide bonds. The third kappa shape index (κ3) is 4.32. The van der Waals surface area contributed by atoms with E-state index < -0.39 is 0 Å². The first-order chi connectivity index (χ1) is 10.5. The maximum atomic E-state index is 12.2. The lowest BCUT2D eigenvalue weighted by atomic mass is 10.2. The van der Waals surface area contributed by atoms with Crippen molar-refractivity contribution in [3.05, 3.63) is 46.3 Å². The van der Waals surface area contributed by atoms with Crippen LogP contribution in [0.15, 0.2) is 28.8 Å². The van der Waals surface area contributed by atoms with Gasteiger partial charge < -0.3 is 9.84 Å². The van der Waals surface area contributed by atoms with Crippen LogP contribution in [0.1, 0.15) is 23.9 Å². The number of carbonyl (C=O) groups excluding carboxylic acids is 1. The fraction of sp³-hybridized carbons (Fsp3) is 0.375. The average molecular weight is 322 g/mol. The molecule has 22 heavy (non-hydrogen) atoms. The van der Waals surface area contributed by atoms with Gasteiger partial charge in [0.15, 0.2) is 5.76 Å². The van der Waals surface area contributed by atoms with E-state index in [4.69, 9.17) is 16.1 Å². The van der Waals surface area contributed by atoms with E-state index in [-0.39, 0.29) is 5.91 Å². The first-order valence-electron chi connectivity index (χ1n) is 7.19. The quantitative estimate of drug-likeness (QED) is 0.885. The van der Waals surface area contributed by atoms with Crippen LogP contribution in [-0.2, 0) is 11.3 Å². The number of amides is 1. The average Bonchev–Trinajstić information content (AvgIpc) is 2.80. The Kier molecular flexibility index (Phi) is 5.57. The lowest BCUT2D eigenvalue weighted by Crippen LogP contribution is -2.32. The summed E-state index contributed by atoms with van der Waals surface area (Å²) in [6.07, 6.45) is 0. The summed E-state index contributed by atoms with van der Waals surface area (Å²) < 4.78 is 5.04. The smallest absolute Gasteiger partial charge is 0.238 e. The Morgan fingerprint density at radius 2 is 2.00 bits per heavy atom. The van der Waals surface area contributed by atoms with Crippen LogP contribution in [0.5, 0.6) is 0 Å². The minimum Gasteiger partial charge on any atom is -0.359 e. The third-order valence-corrected chi connectivity index (χ3v) is 3.68. The van der Waals surface area contributed by atoms with Gasteiger partial charge in [0, 0.05) is 11.6 Å². The van der Waals surface area contributed by atoms with E-state index in [1.54, 1.807) is 13.8 Å². The van der Waals surface area contributed by atoms with Gasteiger partial charge in [0.2, 0.25) is 5.91 Å². The molecule has 1 N–H and O–H groups in total. The zero-order chi connectivity index (χ0) is 16.1. The highest BCUT2D eigenvalue weighted by Crippen LogP contribution is 2.18. The molecule has 0 saturated carbocycles. The number of anilines is 1. The van der Waals surface area contributed by atoms with Crippen LogP contribution in [0.4, 0.5) is 5.69 Å². The van der Waals surface area contributed by atoms with Crippen molar-refractivity contribution in [2.24, 2.45) is 0 Å². The van der Waals surface area contributed by atoms with Crippen molar-refractivity contribution < 1.29 is 9.32 Å². The maximum Gasteiger partial charge on any atom is 0.238 e. The fourth-order valence-corrected chi connectivity index (χ4v) is 2.30. The summed E-state index contributed by atoms with van der Waals surface area (Å²) in [5.74, 6) is 0.539. The summed E-state index contributed by atoms with van der Waals surface area (Å²) in [5.41, 5.74) is 2.47. The molecule has 118 valence electrons. The summed E-state index contributed by atoms with van der Waals surface area (Å²) in [7, 11) is 0. The number of aryl methyl sites for hydroxylation is 2. The molecule has 0 saturated heterocycles. The molecule has 0 aliphatic heterocycles. The number of halogens is 1. The summed E-state index contributed by atoms with van der Waals surface area (Å²) in [6, 6.07) is 7.65. The molecule has 0 atom stereocenters. The molecule has 0 unspecified atom stereocenters. The van der Waals surface area contributed by atoms with Crippen molar-refractivity contribution >= 4 is 23.2 Å². The Bertz CT molecular complexity index is 618. The van der Waals surface area contributed by atoms with Crippen LogP contribution in [0.2, 0.25) is 5.02 Å². The van der Waals surface area contributed by atoms with Gasteiger partial charge in [-0.15, -0.1) is 0 Å². The van der Waals surface area contributed by atoms with E-state index >= 15 is 0 Å². The van der Waals surface area contributed by atoms with E-state index in [9.17, 15) is 4.79 Å². The monoisotopic (exact) mass is 321 g/mol. The molecule has 2 rings (SSSR count). The number of nitrogens with one attached hydrogen (secondary N) is 1. The van der Waals surface area contributed by atoms with Crippen LogP contribution < -0.4 is 5.32 Å². The topological polar surface area (TPSA) is 58.4 Å². The summed E-state index contributed by atoms with van der Waals surface area (Å²) in [5, 5.41) is 7.40. The van der Waals surface area contributed by atoms with Gasteiger partial charge in [-0.05, 0) is 38.1 Å². The first-order valence-corrected chi connectivity index (χ1v) is 7.57. The molecule has 5 nitrogen and oxygen atoms in total. The number of nitrogens with zero attached hydrogens (tertiary/aromatic N) is 2. The van der Waals surface area contributed by atoms with E-state index in [0.717, 1.165) is 12.1 Å². The lowest BCUT2D eigenvalue weighted by Gasteiger charge is -2.20. The summed E-state index contributed by atoms with van der Waals surface area (Å²) >= 11 is 5.88. The molecule has 0 aliphatic rings. The summed E-state index contributed by atoms with van der Waals surface area (Å²) in [6.45, 7) is 7.39. The van der Waals surface area contributed by atoms with Crippen molar-refractivity contribution in [2.45, 2.75) is 27.3 Å². The SMILES string of the molecule is CCN(CC(=O)Nc1c(C)noc1C)Cc1ccc(Cl)cc1. The molecule has 1 aromatic heterocycles. The molecule has 0 fully saturated rings. The largest absolute Gasteiger partial charge is 0.359 e. The zero-order valence-electron chi connectivity index (χ0n) is 13.0. The number of rotatable bonds is 6. The molecule has 1 heterocycles. The van der Waals surface area contributed by atoms with Crippen molar-refractivity contribution in [2.75, 3.05) is 18.4 Å². The molecule has 6 heteroatoms. The Morgan fingerprint density at radius 3 is 2.55 bits per heavy atom. The van der Waals surface area contributed by atoms with E-state index in [2.05, 4.69) is 15.4 Å². The molecule has 0 bridgehead atoms. The van der Waals surface area contributed by atoms with Crippen LogP contribution in [0.25, 0.3) is 0 Å². The first kappa shape index (κ1) is 16.5. The number of likely N-dealkylation sites (N-methyl/N-ethyl adjacent to an activating group) is 1. The second-order valence-electron chi connectivity index (χ2n) is 5.18. The van der Waals surface area contributed by atoms with Gasteiger partial charge in [0.1, 0.15) is 11.4 Å². The van der Waals surface area contributed by atoms with Crippen LogP contribution in [-0.4, -0.2) is 29.1 Å². The minimum atomic E-state index is -0.0785. The second kappa shape index (κ2) is 7.42. The van der Waals surface area contributed by atoms with E-state index in [0.29, 0.717) is 35.3 Å². The predicted octanol–water partition coefficient (Wildman–Crippen LogP) is 3.41. The number of hydrogen-bond acceptors (Lipinski definition) is 4. The molecule has 0 radical (unpaired) electrons. The van der Waals surface area contributed by atoms with Gasteiger partial charge in [0.05, 0.1) is 6.54 Å². The molecule has 0 spiro atoms. The van der Waals surface area contributed by atoms with Crippen molar-refractivity contribution in [3.63, 3.8) is 0 Å². The van der Waals surface area contributed by atoms with Gasteiger partial charge in [-0.3, -0.25) is 9.69 Å². The van der Waals surface area contributed by atoms with Gasteiger partial charge in [0.25, 0.3) is 0 Å². The Morgan fingerprint density at radius 1 is 1.32 bits per heavy atom. The van der Waals surface area contributed by atoms with Gasteiger partial charge in [-0.25, -0.2) is 0 Å². The Hall–Kier alpha value is -1.85. The zero-order valence-corrected chi connectivity index (χ0v) is 13.8. The molecule has 0 aliphatic carbocycles. The van der Waals surface area contributed by atoms with Crippen molar-refractivity contribution in [1.29, 1.82) is 0 Å². The summed E-state index contributed by atoms with van der Waals surface area (Å²) in [4.78, 5) is 14.2. The fourth-order valence-electron chi connectivity index (χ4n) is 2.17. The second-order valence-corrected chi connectivity index (χ2v) is 5.61. The predicted molar refractivity (Wildman–Crippen MR) is 87.0 cm³/mol. The minimum absolute atomic E-state index is 0.0785. The molecule has 1 aromatic carbocycles. The van der Waals surface area contributed by atoms with E-state index in [1.807, 2.05) is 31.2 Å². The highest BCUT2D eigenvalue weighted by atomic mass is 35.5. The maximum absolute atomic E-state index is 12.2. The van der Waals surface area contributed by atoms with Crippen LogP contribution in [0.3, 0.4) is 0 Å². The number of carbonyl (C=O) groups is 1. The number of hydrogen-bond donors (Lipinski definition) is 1. The van der Waals surface area contributed by atoms with Gasteiger partial charge in [-0.1, -0.05) is 35.8 Å². The number of aromatic nitrogens is 1. The van der Waals surface area contributed by atoms with Crippen LogP contribution in [0, 0.1) is 13.8 Å².